The molecule has 1 nitrogen and oxygen atoms in total. The van der Waals surface area contributed by atoms with Crippen molar-refractivity contribution < 1.29 is 8.78 Å². The van der Waals surface area contributed by atoms with Gasteiger partial charge in [0.15, 0.2) is 11.6 Å². The summed E-state index contributed by atoms with van der Waals surface area (Å²) in [6, 6.07) is 10.1. The summed E-state index contributed by atoms with van der Waals surface area (Å²) in [4.78, 5) is 0. The van der Waals surface area contributed by atoms with E-state index in [0.717, 1.165) is 11.6 Å². The third-order valence-corrected chi connectivity index (χ3v) is 3.14. The first-order valence-electron chi connectivity index (χ1n) is 5.82. The molecule has 0 fully saturated rings. The van der Waals surface area contributed by atoms with Crippen molar-refractivity contribution in [2.24, 2.45) is 0 Å². The Hall–Kier alpha value is -1.90. The van der Waals surface area contributed by atoms with Crippen molar-refractivity contribution in [2.75, 3.05) is 5.32 Å². The Balaban J connectivity index is 2.17. The minimum absolute atomic E-state index is 0.191. The molecule has 0 heterocycles. The Bertz CT molecular complexity index is 513. The fourth-order valence-electron chi connectivity index (χ4n) is 1.83. The molecular weight excluding hydrogens is 232 g/mol. The summed E-state index contributed by atoms with van der Waals surface area (Å²) in [7, 11) is 0. The van der Waals surface area contributed by atoms with Crippen LogP contribution in [0, 0.1) is 25.5 Å². The number of hydrogen-bond donors (Lipinski definition) is 1. The minimum Gasteiger partial charge on any atom is -0.379 e. The number of nitrogens with one attached hydrogen (secondary N) is 1. The number of rotatable bonds is 3. The van der Waals surface area contributed by atoms with Crippen molar-refractivity contribution >= 4 is 5.69 Å². The fraction of sp³-hybridized carbons (Fsp3) is 0.200. The lowest BCUT2D eigenvalue weighted by molar-refractivity contribution is 0.511. The topological polar surface area (TPSA) is 12.0 Å². The quantitative estimate of drug-likeness (QED) is 0.857. The first kappa shape index (κ1) is 12.6. The summed E-state index contributed by atoms with van der Waals surface area (Å²) in [6.45, 7) is 4.53. The highest BCUT2D eigenvalue weighted by atomic mass is 19.2. The molecule has 94 valence electrons. The van der Waals surface area contributed by atoms with Gasteiger partial charge < -0.3 is 5.32 Å². The van der Waals surface area contributed by atoms with Gasteiger partial charge in [0, 0.05) is 6.54 Å². The number of aryl methyl sites for hydroxylation is 1. The van der Waals surface area contributed by atoms with E-state index in [4.69, 9.17) is 0 Å². The number of anilines is 1. The molecule has 0 saturated heterocycles. The van der Waals surface area contributed by atoms with Crippen LogP contribution < -0.4 is 5.32 Å². The first-order valence-corrected chi connectivity index (χ1v) is 5.82. The van der Waals surface area contributed by atoms with Gasteiger partial charge in [0.2, 0.25) is 0 Å². The highest BCUT2D eigenvalue weighted by Gasteiger charge is 2.07. The highest BCUT2D eigenvalue weighted by Crippen LogP contribution is 2.19. The van der Waals surface area contributed by atoms with Gasteiger partial charge >= 0.3 is 0 Å². The Labute approximate surface area is 105 Å². The van der Waals surface area contributed by atoms with Crippen LogP contribution in [-0.4, -0.2) is 0 Å². The van der Waals surface area contributed by atoms with Gasteiger partial charge in [-0.15, -0.1) is 0 Å². The normalized spacial score (nSPS) is 10.4. The maximum absolute atomic E-state index is 13.4. The van der Waals surface area contributed by atoms with E-state index in [2.05, 4.69) is 5.32 Å². The number of halogens is 2. The van der Waals surface area contributed by atoms with Gasteiger partial charge in [-0.3, -0.25) is 0 Å². The predicted molar refractivity (Wildman–Crippen MR) is 69.6 cm³/mol. The van der Waals surface area contributed by atoms with Crippen LogP contribution in [-0.2, 0) is 6.54 Å². The van der Waals surface area contributed by atoms with Crippen molar-refractivity contribution in [1.82, 2.24) is 0 Å². The lowest BCUT2D eigenvalue weighted by Gasteiger charge is -2.11. The van der Waals surface area contributed by atoms with Crippen LogP contribution in [0.25, 0.3) is 0 Å². The Morgan fingerprint density at radius 3 is 2.50 bits per heavy atom. The zero-order valence-electron chi connectivity index (χ0n) is 10.4. The average Bonchev–Trinajstić information content (AvgIpc) is 2.36. The molecule has 2 aromatic rings. The molecular formula is C15H15F2N. The van der Waals surface area contributed by atoms with E-state index >= 15 is 0 Å². The molecule has 0 aromatic heterocycles. The summed E-state index contributed by atoms with van der Waals surface area (Å²) in [5, 5.41) is 2.92. The van der Waals surface area contributed by atoms with Crippen LogP contribution >= 0.6 is 0 Å². The standard InChI is InChI=1S/C15H15F2N/c1-10-5-3-6-12(11(10)2)9-18-14-8-4-7-13(16)15(14)17/h3-8,18H,9H2,1-2H3. The average molecular weight is 247 g/mol. The number of hydrogen-bond acceptors (Lipinski definition) is 1. The molecule has 0 aliphatic heterocycles. The molecule has 0 aliphatic rings. The van der Waals surface area contributed by atoms with Gasteiger partial charge in [0.05, 0.1) is 5.69 Å². The van der Waals surface area contributed by atoms with Crippen LogP contribution in [0.2, 0.25) is 0 Å². The predicted octanol–water partition coefficient (Wildman–Crippen LogP) is 4.19. The maximum atomic E-state index is 13.4. The molecule has 0 unspecified atom stereocenters. The van der Waals surface area contributed by atoms with Gasteiger partial charge in [-0.2, -0.15) is 0 Å². The molecule has 2 rings (SSSR count). The van der Waals surface area contributed by atoms with Crippen LogP contribution in [0.5, 0.6) is 0 Å². The zero-order valence-corrected chi connectivity index (χ0v) is 10.4. The Kier molecular flexibility index (Phi) is 3.60. The van der Waals surface area contributed by atoms with Crippen molar-refractivity contribution in [1.29, 1.82) is 0 Å². The van der Waals surface area contributed by atoms with Crippen molar-refractivity contribution in [2.45, 2.75) is 20.4 Å². The summed E-state index contributed by atoms with van der Waals surface area (Å²) in [5.41, 5.74) is 3.63. The molecule has 0 bridgehead atoms. The third-order valence-electron chi connectivity index (χ3n) is 3.14. The van der Waals surface area contributed by atoms with E-state index in [-0.39, 0.29) is 5.69 Å². The van der Waals surface area contributed by atoms with E-state index in [1.54, 1.807) is 0 Å². The van der Waals surface area contributed by atoms with E-state index in [0.29, 0.717) is 6.54 Å². The summed E-state index contributed by atoms with van der Waals surface area (Å²) in [5.74, 6) is -1.66. The largest absolute Gasteiger partial charge is 0.379 e. The second-order valence-corrected chi connectivity index (χ2v) is 4.31. The lowest BCUT2D eigenvalue weighted by atomic mass is 10.0. The van der Waals surface area contributed by atoms with Gasteiger partial charge in [-0.25, -0.2) is 8.78 Å². The van der Waals surface area contributed by atoms with Gasteiger partial charge in [-0.05, 0) is 42.7 Å². The van der Waals surface area contributed by atoms with Crippen LogP contribution in [0.1, 0.15) is 16.7 Å². The van der Waals surface area contributed by atoms with Crippen molar-refractivity contribution in [3.05, 3.63) is 64.7 Å². The molecule has 0 saturated carbocycles. The monoisotopic (exact) mass is 247 g/mol. The van der Waals surface area contributed by atoms with Crippen molar-refractivity contribution in [3.63, 3.8) is 0 Å². The zero-order chi connectivity index (χ0) is 13.1. The van der Waals surface area contributed by atoms with Gasteiger partial charge in [0.25, 0.3) is 0 Å². The molecule has 0 amide bonds. The van der Waals surface area contributed by atoms with E-state index in [1.807, 2.05) is 32.0 Å². The van der Waals surface area contributed by atoms with Crippen molar-refractivity contribution in [3.8, 4) is 0 Å². The van der Waals surface area contributed by atoms with E-state index in [9.17, 15) is 8.78 Å². The molecule has 0 atom stereocenters. The molecule has 3 heteroatoms. The second kappa shape index (κ2) is 5.17. The van der Waals surface area contributed by atoms with Crippen LogP contribution in [0.15, 0.2) is 36.4 Å². The second-order valence-electron chi connectivity index (χ2n) is 4.31. The molecule has 2 aromatic carbocycles. The third kappa shape index (κ3) is 2.50. The number of benzene rings is 2. The lowest BCUT2D eigenvalue weighted by Crippen LogP contribution is -2.04. The Morgan fingerprint density at radius 1 is 1.00 bits per heavy atom. The van der Waals surface area contributed by atoms with Gasteiger partial charge in [0.1, 0.15) is 0 Å². The highest BCUT2D eigenvalue weighted by molar-refractivity contribution is 5.46. The van der Waals surface area contributed by atoms with Crippen LogP contribution in [0.3, 0.4) is 0 Å². The molecule has 0 radical (unpaired) electrons. The van der Waals surface area contributed by atoms with E-state index in [1.165, 1.54) is 23.3 Å². The van der Waals surface area contributed by atoms with Gasteiger partial charge in [-0.1, -0.05) is 24.3 Å². The first-order chi connectivity index (χ1) is 8.59. The molecule has 0 spiro atoms. The SMILES string of the molecule is Cc1cccc(CNc2cccc(F)c2F)c1C. The molecule has 0 aliphatic carbocycles. The summed E-state index contributed by atoms with van der Waals surface area (Å²) >= 11 is 0. The fourth-order valence-corrected chi connectivity index (χ4v) is 1.83. The molecule has 1 N–H and O–H groups in total. The van der Waals surface area contributed by atoms with E-state index < -0.39 is 11.6 Å². The summed E-state index contributed by atoms with van der Waals surface area (Å²) < 4.78 is 26.5. The maximum Gasteiger partial charge on any atom is 0.181 e. The molecule has 18 heavy (non-hydrogen) atoms. The van der Waals surface area contributed by atoms with Crippen LogP contribution in [0.4, 0.5) is 14.5 Å². The Morgan fingerprint density at radius 2 is 1.72 bits per heavy atom. The smallest absolute Gasteiger partial charge is 0.181 e. The minimum atomic E-state index is -0.832. The summed E-state index contributed by atoms with van der Waals surface area (Å²) in [6.07, 6.45) is 0.